The molecule has 2 heterocycles. The lowest BCUT2D eigenvalue weighted by atomic mass is 10.1. The van der Waals surface area contributed by atoms with E-state index in [1.54, 1.807) is 12.1 Å². The Morgan fingerprint density at radius 2 is 2.09 bits per heavy atom. The molecule has 0 unspecified atom stereocenters. The normalized spacial score (nSPS) is 12.3. The van der Waals surface area contributed by atoms with Gasteiger partial charge in [0.25, 0.3) is 5.69 Å². The lowest BCUT2D eigenvalue weighted by Crippen LogP contribution is -2.23. The van der Waals surface area contributed by atoms with Crippen LogP contribution in [0.4, 0.5) is 5.69 Å². The molecule has 0 fully saturated rings. The maximum Gasteiger partial charge on any atom is 0.330 e. The molecule has 0 saturated heterocycles. The second kappa shape index (κ2) is 9.07. The van der Waals surface area contributed by atoms with Gasteiger partial charge in [0.15, 0.2) is 6.04 Å². The number of furan rings is 1. The fourth-order valence-corrected chi connectivity index (χ4v) is 3.60. The van der Waals surface area contributed by atoms with Gasteiger partial charge in [-0.3, -0.25) is 15.1 Å². The van der Waals surface area contributed by atoms with Crippen LogP contribution in [-0.2, 0) is 16.0 Å². The lowest BCUT2D eigenvalue weighted by molar-refractivity contribution is -0.384. The first-order chi connectivity index (χ1) is 15.5. The van der Waals surface area contributed by atoms with Crippen LogP contribution in [0.5, 0.6) is 0 Å². The number of aromatic amines is 1. The van der Waals surface area contributed by atoms with Gasteiger partial charge in [0, 0.05) is 41.2 Å². The van der Waals surface area contributed by atoms with Crippen LogP contribution in [-0.4, -0.2) is 35.2 Å². The second-order valence-electron chi connectivity index (χ2n) is 7.00. The number of aliphatic imine (C=N–C) groups is 1. The molecule has 4 aromatic rings. The summed E-state index contributed by atoms with van der Waals surface area (Å²) in [7, 11) is 1.31. The molecule has 0 aliphatic rings. The molecule has 9 heteroatoms. The number of carbonyl (C=O) groups excluding carboxylic acids is 1. The number of hydrogen-bond donors (Lipinski definition) is 1. The Bertz CT molecular complexity index is 1320. The van der Waals surface area contributed by atoms with Crippen LogP contribution in [0.25, 0.3) is 22.2 Å². The molecule has 2 aromatic carbocycles. The highest BCUT2D eigenvalue weighted by molar-refractivity contribution is 6.33. The molecule has 0 aliphatic carbocycles. The molecular formula is C23H18ClN3O5. The zero-order valence-corrected chi connectivity index (χ0v) is 17.7. The Labute approximate surface area is 187 Å². The van der Waals surface area contributed by atoms with Gasteiger partial charge in [0.1, 0.15) is 11.5 Å². The number of esters is 1. The number of nitro benzene ring substituents is 1. The number of fused-ring (bicyclic) bond motifs is 1. The number of halogens is 1. The molecule has 0 amide bonds. The first-order valence-electron chi connectivity index (χ1n) is 9.66. The minimum Gasteiger partial charge on any atom is -0.467 e. The highest BCUT2D eigenvalue weighted by Crippen LogP contribution is 2.32. The summed E-state index contributed by atoms with van der Waals surface area (Å²) in [6, 6.07) is 14.4. The number of para-hydroxylation sites is 1. The van der Waals surface area contributed by atoms with Gasteiger partial charge in [0.2, 0.25) is 0 Å². The first kappa shape index (κ1) is 21.3. The number of non-ortho nitro benzene ring substituents is 1. The van der Waals surface area contributed by atoms with Crippen molar-refractivity contribution in [2.75, 3.05) is 7.11 Å². The van der Waals surface area contributed by atoms with E-state index in [4.69, 9.17) is 20.8 Å². The van der Waals surface area contributed by atoms with Crippen molar-refractivity contribution in [3.05, 3.63) is 87.3 Å². The lowest BCUT2D eigenvalue weighted by Gasteiger charge is -2.09. The third-order valence-corrected chi connectivity index (χ3v) is 5.33. The summed E-state index contributed by atoms with van der Waals surface area (Å²) in [4.78, 5) is 30.4. The SMILES string of the molecule is COC(=O)[C@H](Cc1c[nH]c2ccccc12)N=Cc1ccc(-c2cc([N+](=O)[O-])ccc2Cl)o1. The molecule has 0 spiro atoms. The van der Waals surface area contributed by atoms with Crippen LogP contribution in [0.15, 0.2) is 70.2 Å². The average Bonchev–Trinajstić information content (AvgIpc) is 3.43. The zero-order chi connectivity index (χ0) is 22.7. The molecule has 0 bridgehead atoms. The summed E-state index contributed by atoms with van der Waals surface area (Å²) >= 11 is 6.18. The van der Waals surface area contributed by atoms with E-state index < -0.39 is 16.9 Å². The van der Waals surface area contributed by atoms with Crippen molar-refractivity contribution in [3.63, 3.8) is 0 Å². The van der Waals surface area contributed by atoms with Crippen LogP contribution in [0.3, 0.4) is 0 Å². The number of methoxy groups -OCH3 is 1. The van der Waals surface area contributed by atoms with Crippen molar-refractivity contribution in [1.29, 1.82) is 0 Å². The molecule has 1 N–H and O–H groups in total. The van der Waals surface area contributed by atoms with Crippen molar-refractivity contribution in [2.24, 2.45) is 4.99 Å². The third kappa shape index (κ3) is 4.40. The van der Waals surface area contributed by atoms with Gasteiger partial charge in [-0.25, -0.2) is 4.79 Å². The number of nitro groups is 1. The molecule has 0 saturated carbocycles. The summed E-state index contributed by atoms with van der Waals surface area (Å²) in [5.74, 6) is 0.252. The molecule has 2 aromatic heterocycles. The summed E-state index contributed by atoms with van der Waals surface area (Å²) in [6.45, 7) is 0. The third-order valence-electron chi connectivity index (χ3n) is 5.00. The monoisotopic (exact) mass is 451 g/mol. The number of ether oxygens (including phenoxy) is 1. The molecule has 32 heavy (non-hydrogen) atoms. The maximum absolute atomic E-state index is 12.3. The Morgan fingerprint density at radius 1 is 1.28 bits per heavy atom. The molecule has 1 atom stereocenters. The minimum atomic E-state index is -0.769. The van der Waals surface area contributed by atoms with E-state index in [1.165, 1.54) is 31.5 Å². The largest absolute Gasteiger partial charge is 0.467 e. The molecule has 0 radical (unpaired) electrons. The predicted octanol–water partition coefficient (Wildman–Crippen LogP) is 5.19. The number of carbonyl (C=O) groups is 1. The van der Waals surface area contributed by atoms with E-state index in [9.17, 15) is 14.9 Å². The van der Waals surface area contributed by atoms with Gasteiger partial charge >= 0.3 is 5.97 Å². The Kier molecular flexibility index (Phi) is 6.04. The summed E-state index contributed by atoms with van der Waals surface area (Å²) in [5.41, 5.74) is 2.21. The fourth-order valence-electron chi connectivity index (χ4n) is 3.39. The number of hydrogen-bond acceptors (Lipinski definition) is 6. The van der Waals surface area contributed by atoms with Crippen molar-refractivity contribution in [1.82, 2.24) is 4.98 Å². The van der Waals surface area contributed by atoms with Gasteiger partial charge < -0.3 is 14.1 Å². The Morgan fingerprint density at radius 3 is 2.88 bits per heavy atom. The van der Waals surface area contributed by atoms with E-state index >= 15 is 0 Å². The van der Waals surface area contributed by atoms with Crippen LogP contribution >= 0.6 is 11.6 Å². The average molecular weight is 452 g/mol. The predicted molar refractivity (Wildman–Crippen MR) is 121 cm³/mol. The Hall–Kier alpha value is -3.91. The summed E-state index contributed by atoms with van der Waals surface area (Å²) < 4.78 is 10.7. The standard InChI is InChI=1S/C23H18ClN3O5/c1-31-23(28)21(10-14-12-25-20-5-3-2-4-17(14)20)26-13-16-7-9-22(32-16)18-11-15(27(29)30)6-8-19(18)24/h2-9,11-13,21,25H,10H2,1H3/t21-/m0/s1. The number of nitrogens with one attached hydrogen (secondary N) is 1. The van der Waals surface area contributed by atoms with Crippen molar-refractivity contribution < 1.29 is 18.9 Å². The van der Waals surface area contributed by atoms with Crippen LogP contribution in [0.1, 0.15) is 11.3 Å². The quantitative estimate of drug-likeness (QED) is 0.180. The first-order valence-corrected chi connectivity index (χ1v) is 10.0. The number of rotatable bonds is 7. The smallest absolute Gasteiger partial charge is 0.330 e. The van der Waals surface area contributed by atoms with E-state index in [1.807, 2.05) is 30.5 Å². The Balaban J connectivity index is 1.58. The molecular weight excluding hydrogens is 434 g/mol. The maximum atomic E-state index is 12.3. The number of nitrogens with zero attached hydrogens (tertiary/aromatic N) is 2. The molecule has 4 rings (SSSR count). The second-order valence-corrected chi connectivity index (χ2v) is 7.41. The number of benzene rings is 2. The summed E-state index contributed by atoms with van der Waals surface area (Å²) in [6.07, 6.45) is 3.63. The van der Waals surface area contributed by atoms with Crippen molar-refractivity contribution >= 4 is 40.4 Å². The van der Waals surface area contributed by atoms with Crippen molar-refractivity contribution in [2.45, 2.75) is 12.5 Å². The topological polar surface area (TPSA) is 111 Å². The van der Waals surface area contributed by atoms with Crippen LogP contribution in [0.2, 0.25) is 5.02 Å². The van der Waals surface area contributed by atoms with Gasteiger partial charge in [-0.1, -0.05) is 29.8 Å². The fraction of sp³-hybridized carbons (Fsp3) is 0.130. The van der Waals surface area contributed by atoms with Crippen LogP contribution in [0, 0.1) is 10.1 Å². The van der Waals surface area contributed by atoms with Gasteiger partial charge in [-0.2, -0.15) is 0 Å². The molecule has 0 aliphatic heterocycles. The zero-order valence-electron chi connectivity index (χ0n) is 16.9. The van der Waals surface area contributed by atoms with Gasteiger partial charge in [-0.15, -0.1) is 0 Å². The van der Waals surface area contributed by atoms with E-state index in [0.717, 1.165) is 16.5 Å². The number of aromatic nitrogens is 1. The van der Waals surface area contributed by atoms with E-state index in [2.05, 4.69) is 9.98 Å². The van der Waals surface area contributed by atoms with Crippen LogP contribution < -0.4 is 0 Å². The van der Waals surface area contributed by atoms with Crippen molar-refractivity contribution in [3.8, 4) is 11.3 Å². The highest BCUT2D eigenvalue weighted by Gasteiger charge is 2.20. The summed E-state index contributed by atoms with van der Waals surface area (Å²) in [5, 5.41) is 12.4. The van der Waals surface area contributed by atoms with Gasteiger partial charge in [-0.05, 0) is 29.8 Å². The van der Waals surface area contributed by atoms with Gasteiger partial charge in [0.05, 0.1) is 23.3 Å². The van der Waals surface area contributed by atoms with E-state index in [0.29, 0.717) is 28.5 Å². The molecule has 162 valence electrons. The van der Waals surface area contributed by atoms with E-state index in [-0.39, 0.29) is 5.69 Å². The minimum absolute atomic E-state index is 0.0968. The number of H-pyrrole nitrogens is 1. The molecule has 8 nitrogen and oxygen atoms in total. The highest BCUT2D eigenvalue weighted by atomic mass is 35.5.